The first-order chi connectivity index (χ1) is 21.1. The minimum Gasteiger partial charge on any atom is -0.394 e. The Morgan fingerprint density at radius 2 is 1.59 bits per heavy atom. The lowest BCUT2D eigenvalue weighted by atomic mass is 10.0. The minimum absolute atomic E-state index is 0.130. The molecule has 13 heteroatoms. The molecular weight excluding hydrogens is 582 g/mol. The van der Waals surface area contributed by atoms with Gasteiger partial charge in [0, 0.05) is 28.8 Å². The molecule has 1 amide bonds. The van der Waals surface area contributed by atoms with Crippen molar-refractivity contribution in [3.05, 3.63) is 111 Å². The summed E-state index contributed by atoms with van der Waals surface area (Å²) in [5, 5.41) is 24.9. The van der Waals surface area contributed by atoms with Gasteiger partial charge in [0.2, 0.25) is 11.9 Å². The van der Waals surface area contributed by atoms with Crippen LogP contribution in [0, 0.1) is 30.2 Å². The van der Waals surface area contributed by atoms with Crippen LogP contribution in [0.2, 0.25) is 0 Å². The molecule has 2 aromatic heterocycles. The number of fused-ring (bicyclic) bond motifs is 1. The number of aromatic nitrogens is 3. The quantitative estimate of drug-likeness (QED) is 0.184. The fourth-order valence-electron chi connectivity index (χ4n) is 4.69. The van der Waals surface area contributed by atoms with E-state index in [-0.39, 0.29) is 34.7 Å². The fourth-order valence-corrected chi connectivity index (χ4v) is 4.69. The molecule has 5 aromatic rings. The lowest BCUT2D eigenvalue weighted by Crippen LogP contribution is -2.29. The van der Waals surface area contributed by atoms with Crippen molar-refractivity contribution in [3.8, 4) is 16.9 Å². The Balaban J connectivity index is 1.65. The highest BCUT2D eigenvalue weighted by Crippen LogP contribution is 2.33. The van der Waals surface area contributed by atoms with E-state index in [2.05, 4.69) is 20.6 Å². The van der Waals surface area contributed by atoms with E-state index in [1.54, 1.807) is 25.1 Å². The normalized spacial score (nSPS) is 11.3. The maximum Gasteiger partial charge on any atom is 0.256 e. The molecule has 0 aliphatic heterocycles. The molecule has 0 aliphatic rings. The van der Waals surface area contributed by atoms with Crippen LogP contribution in [0.5, 0.6) is 0 Å². The molecule has 0 aliphatic carbocycles. The third kappa shape index (κ3) is 6.28. The SMILES string of the molecule is Cc1ccc(NC(=O)Cc2cc(F)cc(F)c2)cc1-c1nc(NC(CO)CO)nc2c1ccc(=O)n2-c1c(F)cccc1F. The van der Waals surface area contributed by atoms with E-state index in [1.165, 1.54) is 6.07 Å². The summed E-state index contributed by atoms with van der Waals surface area (Å²) >= 11 is 0. The van der Waals surface area contributed by atoms with E-state index in [0.29, 0.717) is 22.9 Å². The zero-order valence-corrected chi connectivity index (χ0v) is 23.1. The van der Waals surface area contributed by atoms with Crippen molar-refractivity contribution in [1.29, 1.82) is 0 Å². The predicted octanol–water partition coefficient (Wildman–Crippen LogP) is 4.26. The van der Waals surface area contributed by atoms with Crippen molar-refractivity contribution in [2.75, 3.05) is 23.8 Å². The molecule has 0 radical (unpaired) electrons. The average molecular weight is 608 g/mol. The number of hydrogen-bond acceptors (Lipinski definition) is 7. The van der Waals surface area contributed by atoms with Gasteiger partial charge in [0.25, 0.3) is 5.56 Å². The predicted molar refractivity (Wildman–Crippen MR) is 155 cm³/mol. The summed E-state index contributed by atoms with van der Waals surface area (Å²) in [6.45, 7) is 0.730. The van der Waals surface area contributed by atoms with Crippen molar-refractivity contribution in [2.45, 2.75) is 19.4 Å². The Morgan fingerprint density at radius 3 is 2.25 bits per heavy atom. The number of nitrogens with zero attached hydrogens (tertiary/aromatic N) is 3. The van der Waals surface area contributed by atoms with E-state index in [0.717, 1.165) is 41.0 Å². The lowest BCUT2D eigenvalue weighted by molar-refractivity contribution is -0.115. The molecule has 226 valence electrons. The first-order valence-corrected chi connectivity index (χ1v) is 13.3. The summed E-state index contributed by atoms with van der Waals surface area (Å²) in [5.74, 6) is -4.39. The summed E-state index contributed by atoms with van der Waals surface area (Å²) in [6.07, 6.45) is -0.313. The van der Waals surface area contributed by atoms with Gasteiger partial charge in [-0.1, -0.05) is 12.1 Å². The number of para-hydroxylation sites is 1. The van der Waals surface area contributed by atoms with Crippen molar-refractivity contribution in [2.24, 2.45) is 0 Å². The highest BCUT2D eigenvalue weighted by molar-refractivity contribution is 5.96. The van der Waals surface area contributed by atoms with Crippen LogP contribution in [0.25, 0.3) is 28.0 Å². The monoisotopic (exact) mass is 607 g/mol. The van der Waals surface area contributed by atoms with Gasteiger partial charge in [-0.25, -0.2) is 22.5 Å². The maximum atomic E-state index is 14.9. The summed E-state index contributed by atoms with van der Waals surface area (Å²) < 4.78 is 57.8. The molecule has 0 spiro atoms. The van der Waals surface area contributed by atoms with Crippen LogP contribution in [0.4, 0.5) is 29.2 Å². The van der Waals surface area contributed by atoms with E-state index in [9.17, 15) is 37.4 Å². The van der Waals surface area contributed by atoms with E-state index >= 15 is 0 Å². The third-order valence-corrected chi connectivity index (χ3v) is 6.75. The van der Waals surface area contributed by atoms with E-state index in [4.69, 9.17) is 0 Å². The van der Waals surface area contributed by atoms with Crippen molar-refractivity contribution >= 4 is 28.6 Å². The topological polar surface area (TPSA) is 129 Å². The Kier molecular flexibility index (Phi) is 8.69. The number of benzene rings is 3. The Labute approximate surface area is 247 Å². The number of hydrogen-bond donors (Lipinski definition) is 4. The summed E-state index contributed by atoms with van der Waals surface area (Å²) in [5.41, 5.74) is 0.0755. The molecular formula is C31H25F4N5O4. The summed E-state index contributed by atoms with van der Waals surface area (Å²) in [7, 11) is 0. The number of amides is 1. The van der Waals surface area contributed by atoms with Crippen molar-refractivity contribution in [1.82, 2.24) is 14.5 Å². The van der Waals surface area contributed by atoms with Gasteiger partial charge in [0.1, 0.15) is 29.0 Å². The number of carbonyl (C=O) groups is 1. The highest BCUT2D eigenvalue weighted by Gasteiger charge is 2.21. The van der Waals surface area contributed by atoms with Crippen LogP contribution in [-0.4, -0.2) is 49.9 Å². The number of pyridine rings is 1. The molecule has 0 fully saturated rings. The molecule has 2 heterocycles. The van der Waals surface area contributed by atoms with Gasteiger partial charge in [-0.3, -0.25) is 14.2 Å². The number of halogens is 4. The van der Waals surface area contributed by atoms with Crippen LogP contribution in [0.1, 0.15) is 11.1 Å². The largest absolute Gasteiger partial charge is 0.394 e. The fraction of sp³-hybridized carbons (Fsp3) is 0.161. The van der Waals surface area contributed by atoms with Gasteiger partial charge < -0.3 is 20.8 Å². The van der Waals surface area contributed by atoms with E-state index < -0.39 is 59.7 Å². The number of aliphatic hydroxyl groups is 2. The first kappa shape index (κ1) is 30.3. The first-order valence-electron chi connectivity index (χ1n) is 13.3. The Bertz CT molecular complexity index is 1910. The second kappa shape index (κ2) is 12.6. The second-order valence-corrected chi connectivity index (χ2v) is 9.95. The van der Waals surface area contributed by atoms with Crippen LogP contribution >= 0.6 is 0 Å². The minimum atomic E-state index is -1.02. The zero-order valence-electron chi connectivity index (χ0n) is 23.1. The number of anilines is 2. The molecule has 0 saturated carbocycles. The number of rotatable bonds is 9. The zero-order chi connectivity index (χ0) is 31.5. The molecule has 44 heavy (non-hydrogen) atoms. The summed E-state index contributed by atoms with van der Waals surface area (Å²) in [6, 6.07) is 12.4. The van der Waals surface area contributed by atoms with Gasteiger partial charge in [-0.05, 0) is 60.5 Å². The maximum absolute atomic E-state index is 14.9. The Hall–Kier alpha value is -5.14. The molecule has 0 bridgehead atoms. The standard InChI is InChI=1S/C31H25F4N5O4/c1-16-5-6-20(36-26(43)11-17-9-18(32)12-19(33)10-17)13-23(16)28-22-7-8-27(44)40(29-24(34)3-2-4-25(29)35)30(22)39-31(38-28)37-21(14-41)15-42/h2-10,12-13,21,41-42H,11,14-15H2,1H3,(H,36,43)(H,37,38,39). The number of aryl methyl sites for hydroxylation is 1. The lowest BCUT2D eigenvalue weighted by Gasteiger charge is -2.18. The van der Waals surface area contributed by atoms with Gasteiger partial charge in [0.15, 0.2) is 5.65 Å². The van der Waals surface area contributed by atoms with Crippen LogP contribution in [-0.2, 0) is 11.2 Å². The van der Waals surface area contributed by atoms with Gasteiger partial charge in [-0.2, -0.15) is 4.98 Å². The molecule has 5 rings (SSSR count). The van der Waals surface area contributed by atoms with Gasteiger partial charge in [-0.15, -0.1) is 0 Å². The van der Waals surface area contributed by atoms with Crippen LogP contribution in [0.15, 0.2) is 71.5 Å². The van der Waals surface area contributed by atoms with Gasteiger partial charge >= 0.3 is 0 Å². The second-order valence-electron chi connectivity index (χ2n) is 9.95. The van der Waals surface area contributed by atoms with Gasteiger partial charge in [0.05, 0.1) is 31.4 Å². The number of carbonyl (C=O) groups excluding carboxylic acids is 1. The molecule has 0 atom stereocenters. The Morgan fingerprint density at radius 1 is 0.909 bits per heavy atom. The number of aliphatic hydroxyl groups excluding tert-OH is 2. The van der Waals surface area contributed by atoms with Crippen LogP contribution in [0.3, 0.4) is 0 Å². The number of nitrogens with one attached hydrogen (secondary N) is 2. The molecule has 0 saturated heterocycles. The van der Waals surface area contributed by atoms with E-state index in [1.807, 2.05) is 0 Å². The average Bonchev–Trinajstić information content (AvgIpc) is 2.97. The summed E-state index contributed by atoms with van der Waals surface area (Å²) in [4.78, 5) is 34.7. The molecule has 0 unspecified atom stereocenters. The van der Waals surface area contributed by atoms with Crippen molar-refractivity contribution in [3.63, 3.8) is 0 Å². The third-order valence-electron chi connectivity index (χ3n) is 6.75. The smallest absolute Gasteiger partial charge is 0.256 e. The van der Waals surface area contributed by atoms with Crippen LogP contribution < -0.4 is 16.2 Å². The molecule has 4 N–H and O–H groups in total. The molecule has 9 nitrogen and oxygen atoms in total. The highest BCUT2D eigenvalue weighted by atomic mass is 19.1. The van der Waals surface area contributed by atoms with Crippen molar-refractivity contribution < 1.29 is 32.6 Å². The molecule has 3 aromatic carbocycles.